The molecular weight excluding hydrogens is 290 g/mol. The summed E-state index contributed by atoms with van der Waals surface area (Å²) in [5.41, 5.74) is 3.00. The summed E-state index contributed by atoms with van der Waals surface area (Å²) >= 11 is 0. The van der Waals surface area contributed by atoms with Gasteiger partial charge in [-0.15, -0.1) is 0 Å². The molecule has 0 atom stereocenters. The smallest absolute Gasteiger partial charge is 0.244 e. The number of carbonyl (C=O) groups is 1. The van der Waals surface area contributed by atoms with Crippen molar-refractivity contribution in [2.45, 2.75) is 13.5 Å². The Hall–Kier alpha value is -2.75. The maximum Gasteiger partial charge on any atom is 0.244 e. The number of benzene rings is 2. The van der Waals surface area contributed by atoms with Gasteiger partial charge in [0.25, 0.3) is 0 Å². The Labute approximate surface area is 136 Å². The van der Waals surface area contributed by atoms with E-state index in [1.165, 1.54) is 11.6 Å². The van der Waals surface area contributed by atoms with Crippen LogP contribution in [0.15, 0.2) is 48.5 Å². The van der Waals surface area contributed by atoms with E-state index in [0.717, 1.165) is 11.1 Å². The Morgan fingerprint density at radius 1 is 1.04 bits per heavy atom. The standard InChI is InChI=1S/C19H21NO3/c1-14-7-9-15(10-8-14)13-20-19(21)12-11-16-17(22-2)5-4-6-18(16)23-3/h4-12H,13H2,1-3H3,(H,20,21). The van der Waals surface area contributed by atoms with Gasteiger partial charge in [-0.2, -0.15) is 0 Å². The van der Waals surface area contributed by atoms with Crippen LogP contribution in [-0.4, -0.2) is 20.1 Å². The van der Waals surface area contributed by atoms with Gasteiger partial charge in [-0.3, -0.25) is 4.79 Å². The third-order valence-corrected chi connectivity index (χ3v) is 3.45. The maximum absolute atomic E-state index is 12.0. The molecule has 0 fully saturated rings. The SMILES string of the molecule is COc1cccc(OC)c1C=CC(=O)NCc1ccc(C)cc1. The molecule has 0 saturated carbocycles. The molecule has 120 valence electrons. The van der Waals surface area contributed by atoms with E-state index in [-0.39, 0.29) is 5.91 Å². The normalized spacial score (nSPS) is 10.6. The average molecular weight is 311 g/mol. The van der Waals surface area contributed by atoms with Gasteiger partial charge in [0.2, 0.25) is 5.91 Å². The zero-order chi connectivity index (χ0) is 16.7. The van der Waals surface area contributed by atoms with Gasteiger partial charge in [-0.05, 0) is 30.7 Å². The zero-order valence-corrected chi connectivity index (χ0v) is 13.6. The van der Waals surface area contributed by atoms with Crippen LogP contribution in [-0.2, 0) is 11.3 Å². The number of ether oxygens (including phenoxy) is 2. The molecule has 0 unspecified atom stereocenters. The van der Waals surface area contributed by atoms with E-state index in [2.05, 4.69) is 5.32 Å². The fourth-order valence-corrected chi connectivity index (χ4v) is 2.16. The van der Waals surface area contributed by atoms with Gasteiger partial charge >= 0.3 is 0 Å². The molecule has 0 aliphatic carbocycles. The maximum atomic E-state index is 12.0. The van der Waals surface area contributed by atoms with E-state index in [9.17, 15) is 4.79 Å². The molecule has 0 radical (unpaired) electrons. The third kappa shape index (κ3) is 4.61. The highest BCUT2D eigenvalue weighted by atomic mass is 16.5. The van der Waals surface area contributed by atoms with E-state index < -0.39 is 0 Å². The van der Waals surface area contributed by atoms with Crippen molar-refractivity contribution in [1.29, 1.82) is 0 Å². The lowest BCUT2D eigenvalue weighted by Crippen LogP contribution is -2.20. The van der Waals surface area contributed by atoms with Gasteiger partial charge in [0.1, 0.15) is 11.5 Å². The summed E-state index contributed by atoms with van der Waals surface area (Å²) < 4.78 is 10.6. The summed E-state index contributed by atoms with van der Waals surface area (Å²) in [6.45, 7) is 2.53. The van der Waals surface area contributed by atoms with Gasteiger partial charge in [0.15, 0.2) is 0 Å². The minimum Gasteiger partial charge on any atom is -0.496 e. The van der Waals surface area contributed by atoms with Crippen molar-refractivity contribution in [2.24, 2.45) is 0 Å². The highest BCUT2D eigenvalue weighted by Crippen LogP contribution is 2.29. The Morgan fingerprint density at radius 3 is 2.22 bits per heavy atom. The Bertz CT molecular complexity index is 668. The molecule has 2 aromatic carbocycles. The highest BCUT2D eigenvalue weighted by Gasteiger charge is 2.07. The molecule has 0 bridgehead atoms. The first-order valence-corrected chi connectivity index (χ1v) is 7.36. The minimum absolute atomic E-state index is 0.168. The van der Waals surface area contributed by atoms with Crippen molar-refractivity contribution in [3.05, 3.63) is 65.2 Å². The lowest BCUT2D eigenvalue weighted by atomic mass is 10.1. The molecule has 2 aromatic rings. The van der Waals surface area contributed by atoms with Crippen LogP contribution in [0, 0.1) is 6.92 Å². The second-order valence-corrected chi connectivity index (χ2v) is 5.11. The number of aryl methyl sites for hydroxylation is 1. The van der Waals surface area contributed by atoms with Gasteiger partial charge in [-0.25, -0.2) is 0 Å². The summed E-state index contributed by atoms with van der Waals surface area (Å²) in [5.74, 6) is 1.15. The summed E-state index contributed by atoms with van der Waals surface area (Å²) in [5, 5.41) is 2.86. The molecule has 4 heteroatoms. The van der Waals surface area contributed by atoms with Crippen molar-refractivity contribution in [1.82, 2.24) is 5.32 Å². The first kappa shape index (κ1) is 16.6. The summed E-state index contributed by atoms with van der Waals surface area (Å²) in [6, 6.07) is 13.5. The van der Waals surface area contributed by atoms with Crippen LogP contribution in [0.1, 0.15) is 16.7 Å². The molecular formula is C19H21NO3. The van der Waals surface area contributed by atoms with Gasteiger partial charge in [0.05, 0.1) is 19.8 Å². The van der Waals surface area contributed by atoms with Crippen molar-refractivity contribution in [3.8, 4) is 11.5 Å². The average Bonchev–Trinajstić information content (AvgIpc) is 2.59. The summed E-state index contributed by atoms with van der Waals surface area (Å²) in [4.78, 5) is 12.0. The minimum atomic E-state index is -0.168. The number of nitrogens with one attached hydrogen (secondary N) is 1. The lowest BCUT2D eigenvalue weighted by Gasteiger charge is -2.09. The highest BCUT2D eigenvalue weighted by molar-refractivity contribution is 5.92. The zero-order valence-electron chi connectivity index (χ0n) is 13.6. The lowest BCUT2D eigenvalue weighted by molar-refractivity contribution is -0.116. The van der Waals surface area contributed by atoms with Gasteiger partial charge < -0.3 is 14.8 Å². The molecule has 0 aliphatic rings. The molecule has 23 heavy (non-hydrogen) atoms. The second kappa shape index (κ2) is 8.03. The molecule has 0 heterocycles. The molecule has 0 aromatic heterocycles. The molecule has 0 saturated heterocycles. The van der Waals surface area contributed by atoms with Crippen LogP contribution >= 0.6 is 0 Å². The fraction of sp³-hybridized carbons (Fsp3) is 0.211. The Kier molecular flexibility index (Phi) is 5.80. The van der Waals surface area contributed by atoms with E-state index in [4.69, 9.17) is 9.47 Å². The van der Waals surface area contributed by atoms with E-state index in [1.54, 1.807) is 20.3 Å². The van der Waals surface area contributed by atoms with Crippen LogP contribution in [0.5, 0.6) is 11.5 Å². The second-order valence-electron chi connectivity index (χ2n) is 5.11. The van der Waals surface area contributed by atoms with E-state index >= 15 is 0 Å². The van der Waals surface area contributed by atoms with Crippen molar-refractivity contribution in [2.75, 3.05) is 14.2 Å². The van der Waals surface area contributed by atoms with Crippen molar-refractivity contribution >= 4 is 12.0 Å². The number of hydrogen-bond acceptors (Lipinski definition) is 3. The van der Waals surface area contributed by atoms with E-state index in [1.807, 2.05) is 49.4 Å². The number of carbonyl (C=O) groups excluding carboxylic acids is 1. The topological polar surface area (TPSA) is 47.6 Å². The van der Waals surface area contributed by atoms with Crippen molar-refractivity contribution in [3.63, 3.8) is 0 Å². The third-order valence-electron chi connectivity index (χ3n) is 3.45. The Morgan fingerprint density at radius 2 is 1.65 bits per heavy atom. The predicted octanol–water partition coefficient (Wildman–Crippen LogP) is 3.34. The Balaban J connectivity index is 2.02. The monoisotopic (exact) mass is 311 g/mol. The molecule has 4 nitrogen and oxygen atoms in total. The van der Waals surface area contributed by atoms with Crippen LogP contribution in [0.3, 0.4) is 0 Å². The fourth-order valence-electron chi connectivity index (χ4n) is 2.16. The largest absolute Gasteiger partial charge is 0.496 e. The van der Waals surface area contributed by atoms with Gasteiger partial charge in [0, 0.05) is 12.6 Å². The number of hydrogen-bond donors (Lipinski definition) is 1. The molecule has 0 spiro atoms. The van der Waals surface area contributed by atoms with Crippen LogP contribution < -0.4 is 14.8 Å². The molecule has 1 amide bonds. The number of rotatable bonds is 6. The van der Waals surface area contributed by atoms with Crippen LogP contribution in [0.4, 0.5) is 0 Å². The van der Waals surface area contributed by atoms with E-state index in [0.29, 0.717) is 18.0 Å². The molecule has 1 N–H and O–H groups in total. The molecule has 0 aliphatic heterocycles. The summed E-state index contributed by atoms with van der Waals surface area (Å²) in [6.07, 6.45) is 3.18. The first-order chi connectivity index (χ1) is 11.1. The van der Waals surface area contributed by atoms with Crippen LogP contribution in [0.25, 0.3) is 6.08 Å². The number of methoxy groups -OCH3 is 2. The predicted molar refractivity (Wildman–Crippen MR) is 91.6 cm³/mol. The first-order valence-electron chi connectivity index (χ1n) is 7.36. The van der Waals surface area contributed by atoms with Gasteiger partial charge in [-0.1, -0.05) is 35.9 Å². The summed E-state index contributed by atoms with van der Waals surface area (Å²) in [7, 11) is 3.17. The van der Waals surface area contributed by atoms with Crippen LogP contribution in [0.2, 0.25) is 0 Å². The quantitative estimate of drug-likeness (QED) is 0.832. The van der Waals surface area contributed by atoms with Crippen molar-refractivity contribution < 1.29 is 14.3 Å². The number of amides is 1. The molecule has 2 rings (SSSR count).